The predicted octanol–water partition coefficient (Wildman–Crippen LogP) is 4.29. The molecule has 0 aromatic heterocycles. The van der Waals surface area contributed by atoms with Crippen LogP contribution in [0.1, 0.15) is 27.0 Å². The number of nitrogens with one attached hydrogen (secondary N) is 1. The second-order valence-corrected chi connectivity index (χ2v) is 6.77. The number of hydrogen-bond acceptors (Lipinski definition) is 2. The highest BCUT2D eigenvalue weighted by Gasteiger charge is 2.23. The molecule has 3 rings (SSSR count). The van der Waals surface area contributed by atoms with Crippen LogP contribution in [0.25, 0.3) is 0 Å². The molecule has 142 valence electrons. The van der Waals surface area contributed by atoms with Crippen LogP contribution in [0.2, 0.25) is 0 Å². The van der Waals surface area contributed by atoms with Gasteiger partial charge in [-0.05, 0) is 42.2 Å². The van der Waals surface area contributed by atoms with Crippen molar-refractivity contribution in [3.63, 3.8) is 0 Å². The normalized spacial score (nSPS) is 11.6. The standard InChI is InChI=1S/C24H22FNO2/c1-17-9-5-6-12-19(17)16-23(27)22(15-18-10-3-2-4-11-18)26-24(28)20-13-7-8-14-21(20)25/h2-14,22H,15-16H2,1H3,(H,26,28). The molecule has 1 amide bonds. The van der Waals surface area contributed by atoms with E-state index in [-0.39, 0.29) is 17.8 Å². The summed E-state index contributed by atoms with van der Waals surface area (Å²) in [5.41, 5.74) is 2.81. The highest BCUT2D eigenvalue weighted by molar-refractivity contribution is 5.98. The molecule has 0 spiro atoms. The quantitative estimate of drug-likeness (QED) is 0.670. The minimum absolute atomic E-state index is 0.0655. The Labute approximate surface area is 164 Å². The minimum Gasteiger partial charge on any atom is -0.342 e. The molecular weight excluding hydrogens is 353 g/mol. The van der Waals surface area contributed by atoms with Crippen LogP contribution in [0.4, 0.5) is 4.39 Å². The van der Waals surface area contributed by atoms with Crippen molar-refractivity contribution in [3.05, 3.63) is 107 Å². The third-order valence-corrected chi connectivity index (χ3v) is 4.72. The molecule has 4 heteroatoms. The van der Waals surface area contributed by atoms with Gasteiger partial charge in [0.1, 0.15) is 5.82 Å². The fourth-order valence-electron chi connectivity index (χ4n) is 3.10. The van der Waals surface area contributed by atoms with E-state index in [1.165, 1.54) is 18.2 Å². The zero-order valence-electron chi connectivity index (χ0n) is 15.7. The molecule has 1 atom stereocenters. The van der Waals surface area contributed by atoms with E-state index in [2.05, 4.69) is 5.32 Å². The molecule has 0 aliphatic heterocycles. The predicted molar refractivity (Wildman–Crippen MR) is 108 cm³/mol. The van der Waals surface area contributed by atoms with E-state index in [0.717, 1.165) is 16.7 Å². The van der Waals surface area contributed by atoms with Gasteiger partial charge in [-0.15, -0.1) is 0 Å². The van der Waals surface area contributed by atoms with Gasteiger partial charge in [-0.25, -0.2) is 4.39 Å². The van der Waals surface area contributed by atoms with Crippen LogP contribution >= 0.6 is 0 Å². The average Bonchev–Trinajstić information content (AvgIpc) is 2.70. The van der Waals surface area contributed by atoms with E-state index in [4.69, 9.17) is 0 Å². The molecular formula is C24H22FNO2. The first-order valence-corrected chi connectivity index (χ1v) is 9.21. The summed E-state index contributed by atoms with van der Waals surface area (Å²) in [5, 5.41) is 2.73. The van der Waals surface area contributed by atoms with Crippen LogP contribution in [-0.2, 0) is 17.6 Å². The number of amides is 1. The largest absolute Gasteiger partial charge is 0.342 e. The lowest BCUT2D eigenvalue weighted by Crippen LogP contribution is -2.43. The Morgan fingerprint density at radius 2 is 1.54 bits per heavy atom. The zero-order valence-corrected chi connectivity index (χ0v) is 15.7. The van der Waals surface area contributed by atoms with Crippen LogP contribution < -0.4 is 5.32 Å². The summed E-state index contributed by atoms with van der Waals surface area (Å²) in [6, 6.07) is 22.2. The maximum absolute atomic E-state index is 14.0. The second kappa shape index (κ2) is 9.09. The fourth-order valence-corrected chi connectivity index (χ4v) is 3.10. The van der Waals surface area contributed by atoms with Crippen molar-refractivity contribution in [2.75, 3.05) is 0 Å². The number of Topliss-reactive ketones (excluding diaryl/α,β-unsaturated/α-hetero) is 1. The zero-order chi connectivity index (χ0) is 19.9. The third kappa shape index (κ3) is 4.92. The molecule has 0 aliphatic carbocycles. The Balaban J connectivity index is 1.82. The number of rotatable bonds is 7. The van der Waals surface area contributed by atoms with E-state index in [9.17, 15) is 14.0 Å². The van der Waals surface area contributed by atoms with Crippen molar-refractivity contribution in [2.45, 2.75) is 25.8 Å². The van der Waals surface area contributed by atoms with E-state index in [0.29, 0.717) is 6.42 Å². The van der Waals surface area contributed by atoms with Gasteiger partial charge in [0.15, 0.2) is 5.78 Å². The number of carbonyl (C=O) groups is 2. The SMILES string of the molecule is Cc1ccccc1CC(=O)C(Cc1ccccc1)NC(=O)c1ccccc1F. The number of ketones is 1. The van der Waals surface area contributed by atoms with Gasteiger partial charge in [0, 0.05) is 6.42 Å². The Bertz CT molecular complexity index is 969. The van der Waals surface area contributed by atoms with Crippen molar-refractivity contribution in [2.24, 2.45) is 0 Å². The fraction of sp³-hybridized carbons (Fsp3) is 0.167. The number of benzene rings is 3. The van der Waals surface area contributed by atoms with Crippen LogP contribution in [0.15, 0.2) is 78.9 Å². The molecule has 0 aliphatic rings. The van der Waals surface area contributed by atoms with E-state index >= 15 is 0 Å². The summed E-state index contributed by atoms with van der Waals surface area (Å²) >= 11 is 0. The van der Waals surface area contributed by atoms with Crippen molar-refractivity contribution in [3.8, 4) is 0 Å². The molecule has 1 N–H and O–H groups in total. The summed E-state index contributed by atoms with van der Waals surface area (Å²) in [4.78, 5) is 25.6. The summed E-state index contributed by atoms with van der Waals surface area (Å²) in [5.74, 6) is -1.30. The maximum Gasteiger partial charge on any atom is 0.254 e. The van der Waals surface area contributed by atoms with Gasteiger partial charge in [0.05, 0.1) is 11.6 Å². The van der Waals surface area contributed by atoms with Gasteiger partial charge in [-0.2, -0.15) is 0 Å². The molecule has 0 saturated heterocycles. The molecule has 0 radical (unpaired) electrons. The Morgan fingerprint density at radius 1 is 0.893 bits per heavy atom. The van der Waals surface area contributed by atoms with Crippen molar-refractivity contribution < 1.29 is 14.0 Å². The molecule has 0 fully saturated rings. The number of hydrogen-bond donors (Lipinski definition) is 1. The summed E-state index contributed by atoms with van der Waals surface area (Å²) in [6.45, 7) is 1.95. The summed E-state index contributed by atoms with van der Waals surface area (Å²) in [7, 11) is 0. The van der Waals surface area contributed by atoms with Gasteiger partial charge >= 0.3 is 0 Å². The lowest BCUT2D eigenvalue weighted by Gasteiger charge is -2.19. The van der Waals surface area contributed by atoms with Crippen LogP contribution in [0.5, 0.6) is 0 Å². The van der Waals surface area contributed by atoms with Gasteiger partial charge in [0.2, 0.25) is 0 Å². The van der Waals surface area contributed by atoms with Crippen molar-refractivity contribution in [1.82, 2.24) is 5.32 Å². The molecule has 0 heterocycles. The van der Waals surface area contributed by atoms with Crippen molar-refractivity contribution in [1.29, 1.82) is 0 Å². The topological polar surface area (TPSA) is 46.2 Å². The average molecular weight is 375 g/mol. The highest BCUT2D eigenvalue weighted by Crippen LogP contribution is 2.13. The Hall–Kier alpha value is -3.27. The minimum atomic E-state index is -0.742. The van der Waals surface area contributed by atoms with Crippen molar-refractivity contribution >= 4 is 11.7 Å². The Morgan fingerprint density at radius 3 is 2.25 bits per heavy atom. The monoisotopic (exact) mass is 375 g/mol. The van der Waals surface area contributed by atoms with E-state index in [1.54, 1.807) is 6.07 Å². The second-order valence-electron chi connectivity index (χ2n) is 6.77. The molecule has 3 aromatic carbocycles. The van der Waals surface area contributed by atoms with E-state index in [1.807, 2.05) is 61.5 Å². The van der Waals surface area contributed by atoms with E-state index < -0.39 is 17.8 Å². The van der Waals surface area contributed by atoms with Crippen LogP contribution in [0.3, 0.4) is 0 Å². The first-order valence-electron chi connectivity index (χ1n) is 9.21. The molecule has 3 nitrogen and oxygen atoms in total. The summed E-state index contributed by atoms with van der Waals surface area (Å²) < 4.78 is 14.0. The third-order valence-electron chi connectivity index (χ3n) is 4.72. The number of halogens is 1. The Kier molecular flexibility index (Phi) is 6.33. The maximum atomic E-state index is 14.0. The molecule has 3 aromatic rings. The molecule has 0 saturated carbocycles. The number of carbonyl (C=O) groups excluding carboxylic acids is 2. The van der Waals surface area contributed by atoms with Crippen LogP contribution in [-0.4, -0.2) is 17.7 Å². The molecule has 28 heavy (non-hydrogen) atoms. The van der Waals surface area contributed by atoms with Gasteiger partial charge in [0.25, 0.3) is 5.91 Å². The van der Waals surface area contributed by atoms with Crippen LogP contribution in [0, 0.1) is 12.7 Å². The number of aryl methyl sites for hydroxylation is 1. The lowest BCUT2D eigenvalue weighted by atomic mass is 9.95. The van der Waals surface area contributed by atoms with Gasteiger partial charge < -0.3 is 5.32 Å². The summed E-state index contributed by atoms with van der Waals surface area (Å²) in [6.07, 6.45) is 0.563. The lowest BCUT2D eigenvalue weighted by molar-refractivity contribution is -0.120. The smallest absolute Gasteiger partial charge is 0.254 e. The highest BCUT2D eigenvalue weighted by atomic mass is 19.1. The molecule has 0 bridgehead atoms. The van der Waals surface area contributed by atoms with Gasteiger partial charge in [-0.3, -0.25) is 9.59 Å². The first kappa shape index (κ1) is 19.5. The molecule has 1 unspecified atom stereocenters. The van der Waals surface area contributed by atoms with Gasteiger partial charge in [-0.1, -0.05) is 66.7 Å². The first-order chi connectivity index (χ1) is 13.5.